The molecular weight excluding hydrogens is 246 g/mol. The first kappa shape index (κ1) is 12.9. The summed E-state index contributed by atoms with van der Waals surface area (Å²) >= 11 is 0. The van der Waals surface area contributed by atoms with Crippen LogP contribution in [0.4, 0.5) is 5.69 Å². The summed E-state index contributed by atoms with van der Waals surface area (Å²) in [6.45, 7) is 0. The summed E-state index contributed by atoms with van der Waals surface area (Å²) in [6, 6.07) is 8.59. The van der Waals surface area contributed by atoms with Gasteiger partial charge in [0.2, 0.25) is 0 Å². The van der Waals surface area contributed by atoms with Crippen LogP contribution in [0.2, 0.25) is 0 Å². The van der Waals surface area contributed by atoms with E-state index >= 15 is 0 Å². The first-order chi connectivity index (χ1) is 8.99. The number of hydrogen-bond acceptors (Lipinski definition) is 4. The molecule has 0 atom stereocenters. The van der Waals surface area contributed by atoms with Crippen molar-refractivity contribution in [1.29, 1.82) is 0 Å². The molecular formula is C14H13NO4. The SMILES string of the molecule is CN(C)c1ccc(-c2cc(=O)c(C(=O)O)co2)cc1. The summed E-state index contributed by atoms with van der Waals surface area (Å²) in [5, 5.41) is 8.76. The molecule has 0 radical (unpaired) electrons. The third-order valence-electron chi connectivity index (χ3n) is 2.73. The number of aromatic carboxylic acids is 1. The van der Waals surface area contributed by atoms with Crippen molar-refractivity contribution < 1.29 is 14.3 Å². The van der Waals surface area contributed by atoms with Gasteiger partial charge in [0.15, 0.2) is 5.43 Å². The minimum Gasteiger partial charge on any atom is -0.477 e. The predicted molar refractivity (Wildman–Crippen MR) is 71.7 cm³/mol. The predicted octanol–water partition coefficient (Wildman–Crippen LogP) is 2.07. The third kappa shape index (κ3) is 2.65. The molecule has 1 N–H and O–H groups in total. The van der Waals surface area contributed by atoms with Crippen LogP contribution < -0.4 is 10.3 Å². The van der Waals surface area contributed by atoms with Crippen LogP contribution in [0.5, 0.6) is 0 Å². The highest BCUT2D eigenvalue weighted by atomic mass is 16.4. The molecule has 5 heteroatoms. The van der Waals surface area contributed by atoms with E-state index in [2.05, 4.69) is 0 Å². The Hall–Kier alpha value is -2.56. The average Bonchev–Trinajstić information content (AvgIpc) is 2.38. The van der Waals surface area contributed by atoms with Gasteiger partial charge in [0, 0.05) is 31.4 Å². The Labute approximate surface area is 109 Å². The first-order valence-electron chi connectivity index (χ1n) is 5.63. The lowest BCUT2D eigenvalue weighted by atomic mass is 10.1. The molecule has 0 spiro atoms. The Balaban J connectivity index is 2.40. The molecule has 0 bridgehead atoms. The summed E-state index contributed by atoms with van der Waals surface area (Å²) in [4.78, 5) is 24.3. The van der Waals surface area contributed by atoms with Gasteiger partial charge in [-0.25, -0.2) is 4.79 Å². The highest BCUT2D eigenvalue weighted by molar-refractivity contribution is 5.87. The van der Waals surface area contributed by atoms with Crippen LogP contribution in [-0.4, -0.2) is 25.2 Å². The van der Waals surface area contributed by atoms with Gasteiger partial charge in [-0.15, -0.1) is 0 Å². The lowest BCUT2D eigenvalue weighted by Gasteiger charge is -2.12. The van der Waals surface area contributed by atoms with E-state index in [-0.39, 0.29) is 5.56 Å². The summed E-state index contributed by atoms with van der Waals surface area (Å²) in [5.74, 6) is -0.941. The number of carboxylic acid groups (broad SMARTS) is 1. The molecule has 2 aromatic rings. The van der Waals surface area contributed by atoms with Gasteiger partial charge in [0.25, 0.3) is 0 Å². The van der Waals surface area contributed by atoms with Crippen molar-refractivity contribution in [3.63, 3.8) is 0 Å². The van der Waals surface area contributed by atoms with Crippen molar-refractivity contribution in [1.82, 2.24) is 0 Å². The van der Waals surface area contributed by atoms with Crippen LogP contribution in [0, 0.1) is 0 Å². The second kappa shape index (κ2) is 4.97. The third-order valence-corrected chi connectivity index (χ3v) is 2.73. The topological polar surface area (TPSA) is 70.8 Å². The van der Waals surface area contributed by atoms with Crippen molar-refractivity contribution in [2.45, 2.75) is 0 Å². The van der Waals surface area contributed by atoms with Crippen LogP contribution in [0.1, 0.15) is 10.4 Å². The average molecular weight is 259 g/mol. The molecule has 0 aliphatic rings. The Morgan fingerprint density at radius 1 is 1.21 bits per heavy atom. The van der Waals surface area contributed by atoms with Gasteiger partial charge >= 0.3 is 5.97 Å². The molecule has 1 aromatic heterocycles. The standard InChI is InChI=1S/C14H13NO4/c1-15(2)10-5-3-9(4-6-10)13-7-12(16)11(8-19-13)14(17)18/h3-8H,1-2H3,(H,17,18). The van der Waals surface area contributed by atoms with Gasteiger partial charge in [-0.05, 0) is 24.3 Å². The van der Waals surface area contributed by atoms with E-state index in [1.54, 1.807) is 0 Å². The van der Waals surface area contributed by atoms with Crippen LogP contribution in [-0.2, 0) is 0 Å². The molecule has 0 saturated heterocycles. The molecule has 0 aliphatic carbocycles. The minimum atomic E-state index is -1.29. The fourth-order valence-corrected chi connectivity index (χ4v) is 1.64. The Kier molecular flexibility index (Phi) is 3.37. The molecule has 0 amide bonds. The van der Waals surface area contributed by atoms with E-state index in [1.165, 1.54) is 6.07 Å². The molecule has 19 heavy (non-hydrogen) atoms. The highest BCUT2D eigenvalue weighted by Crippen LogP contribution is 2.21. The fraction of sp³-hybridized carbons (Fsp3) is 0.143. The molecule has 0 saturated carbocycles. The van der Waals surface area contributed by atoms with E-state index in [4.69, 9.17) is 9.52 Å². The van der Waals surface area contributed by atoms with Gasteiger partial charge in [0.1, 0.15) is 17.6 Å². The number of carbonyl (C=O) groups is 1. The van der Waals surface area contributed by atoms with Crippen LogP contribution in [0.25, 0.3) is 11.3 Å². The zero-order valence-corrected chi connectivity index (χ0v) is 10.6. The molecule has 5 nitrogen and oxygen atoms in total. The van der Waals surface area contributed by atoms with E-state index in [9.17, 15) is 9.59 Å². The minimum absolute atomic E-state index is 0.348. The Bertz CT molecular complexity index is 656. The monoisotopic (exact) mass is 259 g/mol. The summed E-state index contributed by atoms with van der Waals surface area (Å²) in [7, 11) is 3.85. The number of hydrogen-bond donors (Lipinski definition) is 1. The van der Waals surface area contributed by atoms with Crippen LogP contribution >= 0.6 is 0 Å². The fourth-order valence-electron chi connectivity index (χ4n) is 1.64. The van der Waals surface area contributed by atoms with E-state index < -0.39 is 11.4 Å². The second-order valence-electron chi connectivity index (χ2n) is 4.27. The van der Waals surface area contributed by atoms with Crippen molar-refractivity contribution in [2.24, 2.45) is 0 Å². The molecule has 0 fully saturated rings. The quantitative estimate of drug-likeness (QED) is 0.913. The summed E-state index contributed by atoms with van der Waals surface area (Å²) in [5.41, 5.74) is 0.812. The van der Waals surface area contributed by atoms with E-state index in [0.717, 1.165) is 17.5 Å². The molecule has 0 aliphatic heterocycles. The smallest absolute Gasteiger partial charge is 0.342 e. The summed E-state index contributed by atoms with van der Waals surface area (Å²) in [6.07, 6.45) is 0.972. The lowest BCUT2D eigenvalue weighted by Crippen LogP contribution is -2.13. The highest BCUT2D eigenvalue weighted by Gasteiger charge is 2.11. The normalized spacial score (nSPS) is 10.2. The summed E-state index contributed by atoms with van der Waals surface area (Å²) < 4.78 is 5.19. The molecule has 0 unspecified atom stereocenters. The van der Waals surface area contributed by atoms with Crippen molar-refractivity contribution in [2.75, 3.05) is 19.0 Å². The zero-order valence-electron chi connectivity index (χ0n) is 10.6. The van der Waals surface area contributed by atoms with Gasteiger partial charge in [-0.1, -0.05) is 0 Å². The number of benzene rings is 1. The van der Waals surface area contributed by atoms with Gasteiger partial charge in [0.05, 0.1) is 0 Å². The number of nitrogens with zero attached hydrogens (tertiary/aromatic N) is 1. The van der Waals surface area contributed by atoms with Crippen LogP contribution in [0.3, 0.4) is 0 Å². The van der Waals surface area contributed by atoms with Gasteiger partial charge in [-0.2, -0.15) is 0 Å². The maximum absolute atomic E-state index is 11.6. The van der Waals surface area contributed by atoms with Gasteiger partial charge < -0.3 is 14.4 Å². The molecule has 98 valence electrons. The maximum Gasteiger partial charge on any atom is 0.342 e. The number of rotatable bonds is 3. The lowest BCUT2D eigenvalue weighted by molar-refractivity contribution is 0.0693. The van der Waals surface area contributed by atoms with Gasteiger partial charge in [-0.3, -0.25) is 4.79 Å². The number of carboxylic acids is 1. The largest absolute Gasteiger partial charge is 0.477 e. The zero-order chi connectivity index (χ0) is 14.0. The second-order valence-corrected chi connectivity index (χ2v) is 4.27. The molecule has 1 heterocycles. The molecule has 1 aromatic carbocycles. The van der Waals surface area contributed by atoms with E-state index in [0.29, 0.717) is 5.76 Å². The Morgan fingerprint density at radius 2 is 1.84 bits per heavy atom. The van der Waals surface area contributed by atoms with Crippen molar-refractivity contribution in [3.05, 3.63) is 52.4 Å². The maximum atomic E-state index is 11.6. The van der Waals surface area contributed by atoms with Crippen LogP contribution in [0.15, 0.2) is 45.8 Å². The Morgan fingerprint density at radius 3 is 2.32 bits per heavy atom. The molecule has 2 rings (SSSR count). The van der Waals surface area contributed by atoms with Crippen molar-refractivity contribution >= 4 is 11.7 Å². The van der Waals surface area contributed by atoms with Crippen molar-refractivity contribution in [3.8, 4) is 11.3 Å². The first-order valence-corrected chi connectivity index (χ1v) is 5.63. The van der Waals surface area contributed by atoms with E-state index in [1.807, 2.05) is 43.3 Å². The number of anilines is 1.